The number of aliphatic hydroxyl groups excluding tert-OH is 1. The highest BCUT2D eigenvalue weighted by molar-refractivity contribution is 5.93. The van der Waals surface area contributed by atoms with E-state index in [-0.39, 0.29) is 17.9 Å². The van der Waals surface area contributed by atoms with E-state index >= 15 is 0 Å². The Morgan fingerprint density at radius 1 is 1.17 bits per heavy atom. The second-order valence-corrected chi connectivity index (χ2v) is 7.18. The van der Waals surface area contributed by atoms with Crippen LogP contribution in [0, 0.1) is 5.41 Å². The lowest BCUT2D eigenvalue weighted by molar-refractivity contribution is 0.0178. The zero-order chi connectivity index (χ0) is 17.0. The summed E-state index contributed by atoms with van der Waals surface area (Å²) >= 11 is 0. The van der Waals surface area contributed by atoms with Crippen molar-refractivity contribution in [3.05, 3.63) is 23.8 Å². The Bertz CT molecular complexity index is 547. The third-order valence-electron chi connectivity index (χ3n) is 5.47. The number of likely N-dealkylation sites (tertiary alicyclic amines) is 2. The lowest BCUT2D eigenvalue weighted by atomic mass is 9.78. The number of carbonyl (C=O) groups is 1. The molecule has 0 bridgehead atoms. The molecule has 3 heterocycles. The SMILES string of the molecule is CCc1ncc(C(=O)N2CCC(CO)(CN3CCCC3)CC2)cn1. The molecule has 0 spiro atoms. The first-order valence-corrected chi connectivity index (χ1v) is 9.09. The third kappa shape index (κ3) is 3.75. The normalized spacial score (nSPS) is 21.2. The second kappa shape index (κ2) is 7.57. The van der Waals surface area contributed by atoms with Gasteiger partial charge in [0, 0.05) is 43.9 Å². The Balaban J connectivity index is 1.59. The number of amides is 1. The van der Waals surface area contributed by atoms with Crippen LogP contribution in [-0.4, -0.2) is 70.1 Å². The highest BCUT2D eigenvalue weighted by Crippen LogP contribution is 2.33. The maximum absolute atomic E-state index is 12.6. The van der Waals surface area contributed by atoms with Gasteiger partial charge in [-0.05, 0) is 38.8 Å². The number of nitrogens with zero attached hydrogens (tertiary/aromatic N) is 4. The van der Waals surface area contributed by atoms with Crippen LogP contribution >= 0.6 is 0 Å². The highest BCUT2D eigenvalue weighted by atomic mass is 16.3. The largest absolute Gasteiger partial charge is 0.396 e. The molecule has 2 saturated heterocycles. The molecule has 1 aromatic heterocycles. The maximum Gasteiger partial charge on any atom is 0.256 e. The molecule has 0 radical (unpaired) electrons. The zero-order valence-electron chi connectivity index (χ0n) is 14.6. The molecule has 24 heavy (non-hydrogen) atoms. The minimum atomic E-state index is -0.0519. The van der Waals surface area contributed by atoms with Crippen LogP contribution in [0.4, 0.5) is 0 Å². The number of aromatic nitrogens is 2. The number of carbonyl (C=O) groups excluding carboxylic acids is 1. The Morgan fingerprint density at radius 3 is 2.33 bits per heavy atom. The first kappa shape index (κ1) is 17.3. The molecule has 2 aliphatic rings. The minimum absolute atomic E-state index is 0.00497. The molecular formula is C18H28N4O2. The molecule has 0 atom stereocenters. The molecule has 6 heteroatoms. The van der Waals surface area contributed by atoms with Crippen LogP contribution in [0.15, 0.2) is 12.4 Å². The van der Waals surface area contributed by atoms with E-state index in [0.717, 1.165) is 44.7 Å². The Labute approximate surface area is 143 Å². The van der Waals surface area contributed by atoms with Crippen LogP contribution in [0.2, 0.25) is 0 Å². The van der Waals surface area contributed by atoms with Crippen LogP contribution in [0.5, 0.6) is 0 Å². The van der Waals surface area contributed by atoms with Crippen molar-refractivity contribution in [1.82, 2.24) is 19.8 Å². The van der Waals surface area contributed by atoms with Crippen LogP contribution in [0.25, 0.3) is 0 Å². The number of aryl methyl sites for hydroxylation is 1. The van der Waals surface area contributed by atoms with Crippen molar-refractivity contribution in [1.29, 1.82) is 0 Å². The van der Waals surface area contributed by atoms with Gasteiger partial charge in [0.25, 0.3) is 5.91 Å². The van der Waals surface area contributed by atoms with Gasteiger partial charge in [-0.2, -0.15) is 0 Å². The predicted octanol–water partition coefficient (Wildman–Crippen LogP) is 1.35. The number of hydrogen-bond acceptors (Lipinski definition) is 5. The van der Waals surface area contributed by atoms with E-state index in [4.69, 9.17) is 0 Å². The highest BCUT2D eigenvalue weighted by Gasteiger charge is 2.37. The maximum atomic E-state index is 12.6. The number of aliphatic hydroxyl groups is 1. The van der Waals surface area contributed by atoms with Crippen LogP contribution < -0.4 is 0 Å². The van der Waals surface area contributed by atoms with Gasteiger partial charge in [0.05, 0.1) is 12.2 Å². The Kier molecular flexibility index (Phi) is 5.46. The molecule has 1 N–H and O–H groups in total. The van der Waals surface area contributed by atoms with Crippen molar-refractivity contribution in [2.24, 2.45) is 5.41 Å². The molecule has 0 aromatic carbocycles. The van der Waals surface area contributed by atoms with Crippen LogP contribution in [-0.2, 0) is 6.42 Å². The molecule has 2 aliphatic heterocycles. The third-order valence-corrected chi connectivity index (χ3v) is 5.47. The summed E-state index contributed by atoms with van der Waals surface area (Å²) in [6.07, 6.45) is 8.28. The first-order chi connectivity index (χ1) is 11.7. The van der Waals surface area contributed by atoms with Gasteiger partial charge in [0.1, 0.15) is 5.82 Å². The van der Waals surface area contributed by atoms with Crippen molar-refractivity contribution < 1.29 is 9.90 Å². The monoisotopic (exact) mass is 332 g/mol. The van der Waals surface area contributed by atoms with Gasteiger partial charge in [-0.1, -0.05) is 6.92 Å². The van der Waals surface area contributed by atoms with E-state index in [0.29, 0.717) is 18.7 Å². The van der Waals surface area contributed by atoms with Crippen LogP contribution in [0.1, 0.15) is 48.8 Å². The summed E-state index contributed by atoms with van der Waals surface area (Å²) < 4.78 is 0. The summed E-state index contributed by atoms with van der Waals surface area (Å²) in [6, 6.07) is 0. The van der Waals surface area contributed by atoms with Gasteiger partial charge in [0.2, 0.25) is 0 Å². The molecule has 1 aromatic rings. The summed E-state index contributed by atoms with van der Waals surface area (Å²) in [4.78, 5) is 25.4. The number of piperidine rings is 1. The van der Waals surface area contributed by atoms with Gasteiger partial charge in [-0.15, -0.1) is 0 Å². The molecule has 0 saturated carbocycles. The fraction of sp³-hybridized carbons (Fsp3) is 0.722. The van der Waals surface area contributed by atoms with Crippen molar-refractivity contribution in [2.75, 3.05) is 39.3 Å². The summed E-state index contributed by atoms with van der Waals surface area (Å²) in [6.45, 7) is 6.85. The smallest absolute Gasteiger partial charge is 0.256 e. The quantitative estimate of drug-likeness (QED) is 0.881. The fourth-order valence-electron chi connectivity index (χ4n) is 3.80. The minimum Gasteiger partial charge on any atom is -0.396 e. The summed E-state index contributed by atoms with van der Waals surface area (Å²) in [5.41, 5.74) is 0.507. The molecule has 1 amide bonds. The predicted molar refractivity (Wildman–Crippen MR) is 91.7 cm³/mol. The van der Waals surface area contributed by atoms with Gasteiger partial charge in [-0.3, -0.25) is 4.79 Å². The molecule has 2 fully saturated rings. The zero-order valence-corrected chi connectivity index (χ0v) is 14.6. The van der Waals surface area contributed by atoms with E-state index in [9.17, 15) is 9.90 Å². The average molecular weight is 332 g/mol. The Hall–Kier alpha value is -1.53. The van der Waals surface area contributed by atoms with Crippen molar-refractivity contribution >= 4 is 5.91 Å². The molecular weight excluding hydrogens is 304 g/mol. The van der Waals surface area contributed by atoms with Gasteiger partial charge in [-0.25, -0.2) is 9.97 Å². The Morgan fingerprint density at radius 2 is 1.79 bits per heavy atom. The van der Waals surface area contributed by atoms with E-state index in [1.165, 1.54) is 12.8 Å². The van der Waals surface area contributed by atoms with E-state index in [2.05, 4.69) is 14.9 Å². The fourth-order valence-corrected chi connectivity index (χ4v) is 3.80. The molecule has 3 rings (SSSR count). The average Bonchev–Trinajstić information content (AvgIpc) is 3.14. The lowest BCUT2D eigenvalue weighted by Crippen LogP contribution is -2.49. The van der Waals surface area contributed by atoms with Crippen molar-refractivity contribution in [3.63, 3.8) is 0 Å². The van der Waals surface area contributed by atoms with Gasteiger partial charge in [0.15, 0.2) is 0 Å². The van der Waals surface area contributed by atoms with E-state index in [1.807, 2.05) is 11.8 Å². The molecule has 0 aliphatic carbocycles. The summed E-state index contributed by atoms with van der Waals surface area (Å²) in [5.74, 6) is 0.764. The summed E-state index contributed by atoms with van der Waals surface area (Å²) in [5, 5.41) is 9.95. The second-order valence-electron chi connectivity index (χ2n) is 7.18. The summed E-state index contributed by atoms with van der Waals surface area (Å²) in [7, 11) is 0. The first-order valence-electron chi connectivity index (χ1n) is 9.09. The van der Waals surface area contributed by atoms with Crippen LogP contribution in [0.3, 0.4) is 0 Å². The number of rotatable bonds is 5. The topological polar surface area (TPSA) is 69.6 Å². The number of hydrogen-bond donors (Lipinski definition) is 1. The molecule has 0 unspecified atom stereocenters. The molecule has 6 nitrogen and oxygen atoms in total. The van der Waals surface area contributed by atoms with Crippen molar-refractivity contribution in [3.8, 4) is 0 Å². The van der Waals surface area contributed by atoms with Crippen molar-refractivity contribution in [2.45, 2.75) is 39.0 Å². The van der Waals surface area contributed by atoms with Gasteiger partial charge < -0.3 is 14.9 Å². The van der Waals surface area contributed by atoms with E-state index in [1.54, 1.807) is 12.4 Å². The van der Waals surface area contributed by atoms with E-state index < -0.39 is 0 Å². The standard InChI is InChI=1S/C18H28N4O2/c1-2-16-19-11-15(12-20-16)17(24)22-9-5-18(14-23,6-10-22)13-21-7-3-4-8-21/h11-12,23H,2-10,13-14H2,1H3. The lowest BCUT2D eigenvalue weighted by Gasteiger charge is -2.42. The molecule has 132 valence electrons. The van der Waals surface area contributed by atoms with Gasteiger partial charge >= 0.3 is 0 Å².